The van der Waals surface area contributed by atoms with Crippen molar-refractivity contribution in [3.05, 3.63) is 0 Å². The second-order valence-corrected chi connectivity index (χ2v) is 3.21. The summed E-state index contributed by atoms with van der Waals surface area (Å²) in [4.78, 5) is 0. The number of nitrogens with one attached hydrogen (secondary N) is 1. The second kappa shape index (κ2) is 4.07. The lowest BCUT2D eigenvalue weighted by molar-refractivity contribution is -0.359. The molecule has 0 saturated carbocycles. The van der Waals surface area contributed by atoms with Crippen molar-refractivity contribution in [2.24, 2.45) is 0 Å². The molecule has 0 radical (unpaired) electrons. The van der Waals surface area contributed by atoms with Crippen molar-refractivity contribution in [1.29, 1.82) is 0 Å². The summed E-state index contributed by atoms with van der Waals surface area (Å²) in [6, 6.07) is 0. The Balaban J connectivity index is 2.84. The maximum absolute atomic E-state index is 9.57. The predicted molar refractivity (Wildman–Crippen MR) is 44.0 cm³/mol. The Labute approximate surface area is 80.6 Å². The molecule has 0 amide bonds. The standard InChI is InChI=1S/C7H15NO6/c1-8-7(13)6(12)5(11)4(10)3(2-9)14-7/h3-6,8-13H,2H2,1H3/t3-,4-,5+,6+,7+/m1/s1. The van der Waals surface area contributed by atoms with Crippen LogP contribution in [0.5, 0.6) is 0 Å². The van der Waals surface area contributed by atoms with E-state index in [1.54, 1.807) is 0 Å². The average Bonchev–Trinajstić information content (AvgIpc) is 2.20. The Morgan fingerprint density at radius 1 is 1.29 bits per heavy atom. The van der Waals surface area contributed by atoms with Gasteiger partial charge in [-0.05, 0) is 7.05 Å². The summed E-state index contributed by atoms with van der Waals surface area (Å²) < 4.78 is 4.80. The third-order valence-corrected chi connectivity index (χ3v) is 2.32. The number of rotatable bonds is 2. The number of aliphatic hydroxyl groups excluding tert-OH is 4. The highest BCUT2D eigenvalue weighted by molar-refractivity contribution is 4.94. The minimum Gasteiger partial charge on any atom is -0.394 e. The number of aliphatic hydroxyl groups is 5. The molecule has 0 aromatic carbocycles. The Morgan fingerprint density at radius 3 is 2.29 bits per heavy atom. The maximum Gasteiger partial charge on any atom is 0.255 e. The molecule has 0 bridgehead atoms. The Hall–Kier alpha value is -0.280. The van der Waals surface area contributed by atoms with Crippen LogP contribution in [-0.4, -0.2) is 69.5 Å². The molecule has 1 saturated heterocycles. The van der Waals surface area contributed by atoms with Gasteiger partial charge in [-0.2, -0.15) is 0 Å². The van der Waals surface area contributed by atoms with Gasteiger partial charge in [-0.25, -0.2) is 0 Å². The average molecular weight is 209 g/mol. The van der Waals surface area contributed by atoms with E-state index in [0.29, 0.717) is 0 Å². The third kappa shape index (κ3) is 1.75. The van der Waals surface area contributed by atoms with Gasteiger partial charge in [-0.3, -0.25) is 5.32 Å². The Kier molecular flexibility index (Phi) is 3.43. The van der Waals surface area contributed by atoms with E-state index in [1.807, 2.05) is 0 Å². The van der Waals surface area contributed by atoms with E-state index in [1.165, 1.54) is 7.05 Å². The molecule has 0 spiro atoms. The topological polar surface area (TPSA) is 122 Å². The fourth-order valence-electron chi connectivity index (χ4n) is 1.36. The van der Waals surface area contributed by atoms with Crippen LogP contribution in [0.2, 0.25) is 0 Å². The molecule has 6 N–H and O–H groups in total. The van der Waals surface area contributed by atoms with Gasteiger partial charge in [0.05, 0.1) is 6.61 Å². The molecule has 84 valence electrons. The predicted octanol–water partition coefficient (Wildman–Crippen LogP) is -3.67. The highest BCUT2D eigenvalue weighted by Crippen LogP contribution is 2.25. The van der Waals surface area contributed by atoms with Gasteiger partial charge < -0.3 is 30.3 Å². The van der Waals surface area contributed by atoms with E-state index in [0.717, 1.165) is 0 Å². The summed E-state index contributed by atoms with van der Waals surface area (Å²) in [5, 5.41) is 48.6. The number of ether oxygens (including phenoxy) is 1. The molecule has 1 aliphatic rings. The second-order valence-electron chi connectivity index (χ2n) is 3.21. The van der Waals surface area contributed by atoms with Crippen LogP contribution in [0.25, 0.3) is 0 Å². The van der Waals surface area contributed by atoms with Gasteiger partial charge in [0.2, 0.25) is 0 Å². The van der Waals surface area contributed by atoms with E-state index in [-0.39, 0.29) is 0 Å². The summed E-state index contributed by atoms with van der Waals surface area (Å²) >= 11 is 0. The molecule has 14 heavy (non-hydrogen) atoms. The smallest absolute Gasteiger partial charge is 0.255 e. The summed E-state index contributed by atoms with van der Waals surface area (Å²) in [5.74, 6) is -2.16. The summed E-state index contributed by atoms with van der Waals surface area (Å²) in [6.45, 7) is -0.574. The van der Waals surface area contributed by atoms with Crippen molar-refractivity contribution in [2.45, 2.75) is 30.3 Å². The van der Waals surface area contributed by atoms with Crippen LogP contribution < -0.4 is 5.32 Å². The first-order valence-corrected chi connectivity index (χ1v) is 4.20. The lowest BCUT2D eigenvalue weighted by Gasteiger charge is -2.44. The van der Waals surface area contributed by atoms with Crippen LogP contribution in [0.3, 0.4) is 0 Å². The molecular weight excluding hydrogens is 194 g/mol. The summed E-state index contributed by atoms with van der Waals surface area (Å²) in [7, 11) is 1.31. The molecule has 0 aromatic rings. The fraction of sp³-hybridized carbons (Fsp3) is 1.00. The molecule has 1 heterocycles. The molecule has 0 aliphatic carbocycles. The Bertz CT molecular complexity index is 201. The molecule has 0 aromatic heterocycles. The SMILES string of the molecule is CN[C@@]1(O)O[C@H](CO)[C@@H](O)[C@H](O)[C@@H]1O. The van der Waals surface area contributed by atoms with Crippen LogP contribution in [-0.2, 0) is 4.74 Å². The first-order valence-electron chi connectivity index (χ1n) is 4.20. The van der Waals surface area contributed by atoms with Gasteiger partial charge in [0.15, 0.2) is 6.10 Å². The monoisotopic (exact) mass is 209 g/mol. The molecule has 0 unspecified atom stereocenters. The zero-order valence-corrected chi connectivity index (χ0v) is 7.66. The Morgan fingerprint density at radius 2 is 1.86 bits per heavy atom. The number of hydrogen-bond acceptors (Lipinski definition) is 7. The van der Waals surface area contributed by atoms with Crippen molar-refractivity contribution >= 4 is 0 Å². The van der Waals surface area contributed by atoms with Gasteiger partial charge in [-0.1, -0.05) is 0 Å². The molecule has 1 rings (SSSR count). The maximum atomic E-state index is 9.57. The van der Waals surface area contributed by atoms with Crippen LogP contribution in [0.4, 0.5) is 0 Å². The first kappa shape index (κ1) is 11.8. The summed E-state index contributed by atoms with van der Waals surface area (Å²) in [5.41, 5.74) is 0. The third-order valence-electron chi connectivity index (χ3n) is 2.32. The van der Waals surface area contributed by atoms with Crippen LogP contribution in [0.15, 0.2) is 0 Å². The van der Waals surface area contributed by atoms with E-state index in [9.17, 15) is 20.4 Å². The van der Waals surface area contributed by atoms with E-state index in [4.69, 9.17) is 9.84 Å². The number of hydrogen-bond donors (Lipinski definition) is 6. The van der Waals surface area contributed by atoms with E-state index >= 15 is 0 Å². The number of likely N-dealkylation sites (N-methyl/N-ethyl adjacent to an activating group) is 1. The van der Waals surface area contributed by atoms with Crippen molar-refractivity contribution in [2.75, 3.05) is 13.7 Å². The van der Waals surface area contributed by atoms with Crippen molar-refractivity contribution < 1.29 is 30.3 Å². The first-order chi connectivity index (χ1) is 6.46. The van der Waals surface area contributed by atoms with Gasteiger partial charge in [0, 0.05) is 0 Å². The van der Waals surface area contributed by atoms with E-state index in [2.05, 4.69) is 5.32 Å². The van der Waals surface area contributed by atoms with Crippen LogP contribution in [0, 0.1) is 0 Å². The molecule has 7 heteroatoms. The minimum absolute atomic E-state index is 0.574. The lowest BCUT2D eigenvalue weighted by atomic mass is 9.97. The van der Waals surface area contributed by atoms with Gasteiger partial charge in [0.25, 0.3) is 5.91 Å². The normalized spacial score (nSPS) is 49.3. The molecule has 7 nitrogen and oxygen atoms in total. The summed E-state index contributed by atoms with van der Waals surface area (Å²) in [6.07, 6.45) is -5.86. The van der Waals surface area contributed by atoms with Crippen LogP contribution in [0.1, 0.15) is 0 Å². The molecular formula is C7H15NO6. The zero-order chi connectivity index (χ0) is 10.9. The van der Waals surface area contributed by atoms with Gasteiger partial charge in [-0.15, -0.1) is 0 Å². The zero-order valence-electron chi connectivity index (χ0n) is 7.66. The van der Waals surface area contributed by atoms with Crippen molar-refractivity contribution in [3.63, 3.8) is 0 Å². The highest BCUT2D eigenvalue weighted by atomic mass is 16.7. The molecule has 5 atom stereocenters. The quantitative estimate of drug-likeness (QED) is 0.259. The lowest BCUT2D eigenvalue weighted by Crippen LogP contribution is -2.69. The van der Waals surface area contributed by atoms with E-state index < -0.39 is 36.9 Å². The fourth-order valence-corrected chi connectivity index (χ4v) is 1.36. The van der Waals surface area contributed by atoms with Crippen molar-refractivity contribution in [3.8, 4) is 0 Å². The minimum atomic E-state index is -2.16. The highest BCUT2D eigenvalue weighted by Gasteiger charge is 2.51. The molecule has 1 fully saturated rings. The van der Waals surface area contributed by atoms with Crippen LogP contribution >= 0.6 is 0 Å². The van der Waals surface area contributed by atoms with Gasteiger partial charge in [0.1, 0.15) is 18.3 Å². The van der Waals surface area contributed by atoms with Gasteiger partial charge >= 0.3 is 0 Å². The molecule has 1 aliphatic heterocycles. The van der Waals surface area contributed by atoms with Crippen molar-refractivity contribution in [1.82, 2.24) is 5.32 Å². The largest absolute Gasteiger partial charge is 0.394 e.